The average Bonchev–Trinajstić information content (AvgIpc) is 2.33. The molecule has 1 N–H and O–H groups in total. The van der Waals surface area contributed by atoms with Crippen LogP contribution in [0.4, 0.5) is 0 Å². The molecule has 0 aliphatic carbocycles. The zero-order valence-electron chi connectivity index (χ0n) is 5.23. The van der Waals surface area contributed by atoms with E-state index in [0.29, 0.717) is 0 Å². The number of thioether (sulfide) groups is 1. The normalized spacial score (nSPS) is 36.1. The third kappa shape index (κ3) is 0.578. The van der Waals surface area contributed by atoms with Gasteiger partial charge in [0, 0.05) is 6.20 Å². The Kier molecular flexibility index (Phi) is 1.25. The molecule has 1 amide bonds. The molecule has 2 atom stereocenters. The van der Waals surface area contributed by atoms with Crippen LogP contribution >= 0.6 is 11.8 Å². The number of rotatable bonds is 1. The molecule has 0 radical (unpaired) electrons. The van der Waals surface area contributed by atoms with Crippen LogP contribution in [0.5, 0.6) is 0 Å². The van der Waals surface area contributed by atoms with Gasteiger partial charge in [0.15, 0.2) is 0 Å². The molecule has 0 bridgehead atoms. The highest BCUT2D eigenvalue weighted by atomic mass is 32.2. The molecular weight excluding hydrogens is 150 g/mol. The standard InChI is InChI=1S/C6H7NO2S/c8-3-4-5(9)7-1-2-10-6(4)7/h1-2,4,6,8H,3H2/t4?,6-/m0/s1. The zero-order chi connectivity index (χ0) is 7.14. The lowest BCUT2D eigenvalue weighted by Gasteiger charge is -2.39. The van der Waals surface area contributed by atoms with Crippen molar-refractivity contribution in [2.45, 2.75) is 5.37 Å². The van der Waals surface area contributed by atoms with E-state index in [4.69, 9.17) is 5.11 Å². The summed E-state index contributed by atoms with van der Waals surface area (Å²) in [6, 6.07) is 0. The number of fused-ring (bicyclic) bond motifs is 1. The molecule has 1 fully saturated rings. The van der Waals surface area contributed by atoms with Crippen LogP contribution in [0.25, 0.3) is 0 Å². The van der Waals surface area contributed by atoms with E-state index >= 15 is 0 Å². The summed E-state index contributed by atoms with van der Waals surface area (Å²) in [4.78, 5) is 12.6. The van der Waals surface area contributed by atoms with Gasteiger partial charge >= 0.3 is 0 Å². The van der Waals surface area contributed by atoms with Crippen molar-refractivity contribution in [1.29, 1.82) is 0 Å². The van der Waals surface area contributed by atoms with Crippen molar-refractivity contribution in [2.75, 3.05) is 6.61 Å². The molecule has 0 saturated carbocycles. The number of aliphatic hydroxyl groups excluding tert-OH is 1. The first kappa shape index (κ1) is 6.24. The number of carbonyl (C=O) groups is 1. The molecule has 2 rings (SSSR count). The van der Waals surface area contributed by atoms with Gasteiger partial charge in [-0.05, 0) is 5.41 Å². The number of carbonyl (C=O) groups excluding carboxylic acids is 1. The lowest BCUT2D eigenvalue weighted by Crippen LogP contribution is -2.55. The van der Waals surface area contributed by atoms with Crippen molar-refractivity contribution in [3.05, 3.63) is 11.6 Å². The molecule has 0 aromatic heterocycles. The highest BCUT2D eigenvalue weighted by Gasteiger charge is 2.47. The number of hydrogen-bond acceptors (Lipinski definition) is 3. The van der Waals surface area contributed by atoms with Gasteiger partial charge in [-0.3, -0.25) is 4.79 Å². The Bertz CT molecular complexity index is 204. The summed E-state index contributed by atoms with van der Waals surface area (Å²) in [6.07, 6.45) is 1.77. The van der Waals surface area contributed by atoms with E-state index in [1.165, 1.54) is 0 Å². The molecule has 1 saturated heterocycles. The van der Waals surface area contributed by atoms with Crippen LogP contribution in [0.2, 0.25) is 0 Å². The first-order chi connectivity index (χ1) is 4.84. The van der Waals surface area contributed by atoms with Crippen molar-refractivity contribution in [3.63, 3.8) is 0 Å². The van der Waals surface area contributed by atoms with Gasteiger partial charge in [0.05, 0.1) is 17.9 Å². The number of hydrogen-bond donors (Lipinski definition) is 1. The fourth-order valence-corrected chi connectivity index (χ4v) is 2.28. The van der Waals surface area contributed by atoms with E-state index in [0.717, 1.165) is 0 Å². The van der Waals surface area contributed by atoms with Gasteiger partial charge < -0.3 is 10.0 Å². The van der Waals surface area contributed by atoms with Gasteiger partial charge in [-0.25, -0.2) is 0 Å². The summed E-state index contributed by atoms with van der Waals surface area (Å²) in [5.41, 5.74) is 0. The quantitative estimate of drug-likeness (QED) is 0.544. The van der Waals surface area contributed by atoms with Gasteiger partial charge in [0.25, 0.3) is 0 Å². The first-order valence-corrected chi connectivity index (χ1v) is 4.04. The second kappa shape index (κ2) is 2.00. The second-order valence-electron chi connectivity index (χ2n) is 2.35. The summed E-state index contributed by atoms with van der Waals surface area (Å²) in [5.74, 6) is -0.103. The molecule has 3 nitrogen and oxygen atoms in total. The third-order valence-electron chi connectivity index (χ3n) is 1.83. The Balaban J connectivity index is 2.12. The Labute approximate surface area is 62.7 Å². The topological polar surface area (TPSA) is 40.5 Å². The molecule has 4 heteroatoms. The molecule has 2 heterocycles. The van der Waals surface area contributed by atoms with Crippen LogP contribution in [-0.4, -0.2) is 27.9 Å². The maximum Gasteiger partial charge on any atom is 0.235 e. The zero-order valence-corrected chi connectivity index (χ0v) is 6.04. The SMILES string of the molecule is O=C1C(CO)[C@@H]2SC=CN12. The van der Waals surface area contributed by atoms with Gasteiger partial charge in [-0.1, -0.05) is 0 Å². The molecule has 0 aromatic carbocycles. The van der Waals surface area contributed by atoms with Gasteiger partial charge in [-0.2, -0.15) is 0 Å². The fourth-order valence-electron chi connectivity index (χ4n) is 1.22. The summed E-state index contributed by atoms with van der Waals surface area (Å²) in [5, 5.41) is 10.8. The predicted octanol–water partition coefficient (Wildman–Crippen LogP) is -0.0188. The molecule has 0 spiro atoms. The van der Waals surface area contributed by atoms with E-state index in [1.807, 2.05) is 5.41 Å². The highest BCUT2D eigenvalue weighted by molar-refractivity contribution is 8.03. The molecule has 10 heavy (non-hydrogen) atoms. The van der Waals surface area contributed by atoms with Crippen LogP contribution in [-0.2, 0) is 4.79 Å². The number of amides is 1. The maximum absolute atomic E-state index is 11.0. The number of aliphatic hydroxyl groups is 1. The Hall–Kier alpha value is -0.480. The van der Waals surface area contributed by atoms with Crippen LogP contribution in [0.15, 0.2) is 11.6 Å². The monoisotopic (exact) mass is 157 g/mol. The van der Waals surface area contributed by atoms with Gasteiger partial charge in [0.1, 0.15) is 0 Å². The van der Waals surface area contributed by atoms with Crippen LogP contribution < -0.4 is 0 Å². The van der Waals surface area contributed by atoms with E-state index < -0.39 is 0 Å². The number of β-lactam (4-membered cyclic amide) rings is 1. The summed E-state index contributed by atoms with van der Waals surface area (Å²) in [6.45, 7) is -0.0192. The first-order valence-electron chi connectivity index (χ1n) is 3.10. The van der Waals surface area contributed by atoms with Gasteiger partial charge in [0.2, 0.25) is 5.91 Å². The van der Waals surface area contributed by atoms with Crippen LogP contribution in [0.1, 0.15) is 0 Å². The van der Waals surface area contributed by atoms with E-state index in [-0.39, 0.29) is 23.8 Å². The lowest BCUT2D eigenvalue weighted by atomic mass is 10.0. The Morgan fingerprint density at radius 1 is 1.80 bits per heavy atom. The van der Waals surface area contributed by atoms with Gasteiger partial charge in [-0.15, -0.1) is 11.8 Å². The molecular formula is C6H7NO2S. The number of nitrogens with zero attached hydrogens (tertiary/aromatic N) is 1. The second-order valence-corrected chi connectivity index (χ2v) is 3.37. The molecule has 2 aliphatic rings. The van der Waals surface area contributed by atoms with Crippen LogP contribution in [0.3, 0.4) is 0 Å². The minimum Gasteiger partial charge on any atom is -0.395 e. The largest absolute Gasteiger partial charge is 0.395 e. The minimum atomic E-state index is -0.153. The van der Waals surface area contributed by atoms with Crippen LogP contribution in [0, 0.1) is 5.92 Å². The Morgan fingerprint density at radius 3 is 3.30 bits per heavy atom. The Morgan fingerprint density at radius 2 is 2.60 bits per heavy atom. The fraction of sp³-hybridized carbons (Fsp3) is 0.500. The molecule has 1 unspecified atom stereocenters. The van der Waals surface area contributed by atoms with Crippen molar-refractivity contribution in [2.24, 2.45) is 5.92 Å². The summed E-state index contributed by atoms with van der Waals surface area (Å²) in [7, 11) is 0. The third-order valence-corrected chi connectivity index (χ3v) is 2.94. The highest BCUT2D eigenvalue weighted by Crippen LogP contribution is 2.40. The minimum absolute atomic E-state index is 0.0192. The predicted molar refractivity (Wildman–Crippen MR) is 37.9 cm³/mol. The molecule has 2 aliphatic heterocycles. The van der Waals surface area contributed by atoms with E-state index in [9.17, 15) is 4.79 Å². The maximum atomic E-state index is 11.0. The van der Waals surface area contributed by atoms with Crippen molar-refractivity contribution in [3.8, 4) is 0 Å². The summed E-state index contributed by atoms with van der Waals surface area (Å²) >= 11 is 1.59. The van der Waals surface area contributed by atoms with E-state index in [2.05, 4.69) is 0 Å². The lowest BCUT2D eigenvalue weighted by molar-refractivity contribution is -0.147. The molecule has 54 valence electrons. The molecule has 0 aromatic rings. The summed E-state index contributed by atoms with van der Waals surface area (Å²) < 4.78 is 0. The smallest absolute Gasteiger partial charge is 0.235 e. The van der Waals surface area contributed by atoms with Crippen molar-refractivity contribution >= 4 is 17.7 Å². The van der Waals surface area contributed by atoms with E-state index in [1.54, 1.807) is 22.9 Å². The van der Waals surface area contributed by atoms with Crippen molar-refractivity contribution < 1.29 is 9.90 Å². The van der Waals surface area contributed by atoms with Crippen molar-refractivity contribution in [1.82, 2.24) is 4.90 Å². The average molecular weight is 157 g/mol.